The lowest BCUT2D eigenvalue weighted by Gasteiger charge is -2.08. The number of halogens is 1. The summed E-state index contributed by atoms with van der Waals surface area (Å²) in [6.45, 7) is 6.25. The number of nitrogens with zero attached hydrogens (tertiary/aromatic N) is 1. The van der Waals surface area contributed by atoms with Crippen LogP contribution in [-0.2, 0) is 0 Å². The molecule has 0 aromatic heterocycles. The Hall–Kier alpha value is -1.07. The molecule has 0 radical (unpaired) electrons. The molecule has 0 heterocycles. The normalized spacial score (nSPS) is 11.4. The number of rotatable bonds is 4. The number of unbranched alkanes of at least 4 members (excludes halogenated alkanes) is 2. The summed E-state index contributed by atoms with van der Waals surface area (Å²) < 4.78 is 1.10. The van der Waals surface area contributed by atoms with E-state index in [1.165, 1.54) is 18.4 Å². The smallest absolute Gasteiger partial charge is 0.0994 e. The van der Waals surface area contributed by atoms with Gasteiger partial charge in [0.25, 0.3) is 0 Å². The highest BCUT2D eigenvalue weighted by molar-refractivity contribution is 9.15. The summed E-state index contributed by atoms with van der Waals surface area (Å²) in [7, 11) is 0. The molecule has 1 aromatic rings. The van der Waals surface area contributed by atoms with E-state index in [0.29, 0.717) is 0 Å². The Balaban J connectivity index is 3.06. The van der Waals surface area contributed by atoms with Gasteiger partial charge in [0.1, 0.15) is 0 Å². The maximum absolute atomic E-state index is 9.04. The molecule has 1 aromatic carbocycles. The fraction of sp³-hybridized carbons (Fsp3) is 0.400. The Kier molecular flexibility index (Phi) is 5.44. The van der Waals surface area contributed by atoms with Crippen LogP contribution in [0.25, 0.3) is 4.48 Å². The standard InChI is InChI=1S/C15H18BrN/c1-4-5-6-7-15(16)14-9-13(10-17)11(2)8-12(14)3/h7-9H,4-6H2,1-3H3/b15-7+. The number of allylic oxidation sites excluding steroid dienone is 1. The number of hydrogen-bond donors (Lipinski definition) is 0. The summed E-state index contributed by atoms with van der Waals surface area (Å²) in [4.78, 5) is 0. The molecule has 0 aliphatic carbocycles. The second-order valence-corrected chi connectivity index (χ2v) is 5.14. The lowest BCUT2D eigenvalue weighted by Crippen LogP contribution is -1.90. The predicted octanol–water partition coefficient (Wildman–Crippen LogP) is 5.10. The molecule has 0 fully saturated rings. The quantitative estimate of drug-likeness (QED) is 0.708. The Morgan fingerprint density at radius 3 is 2.65 bits per heavy atom. The van der Waals surface area contributed by atoms with E-state index in [1.54, 1.807) is 0 Å². The zero-order valence-electron chi connectivity index (χ0n) is 10.7. The molecule has 0 spiro atoms. The molecule has 0 N–H and O–H groups in total. The highest BCUT2D eigenvalue weighted by atomic mass is 79.9. The van der Waals surface area contributed by atoms with Gasteiger partial charge in [-0.3, -0.25) is 0 Å². The third-order valence-corrected chi connectivity index (χ3v) is 3.58. The third-order valence-electron chi connectivity index (χ3n) is 2.83. The van der Waals surface area contributed by atoms with Crippen molar-refractivity contribution < 1.29 is 0 Å². The lowest BCUT2D eigenvalue weighted by molar-refractivity contribution is 0.816. The molecule has 1 nitrogen and oxygen atoms in total. The topological polar surface area (TPSA) is 23.8 Å². The summed E-state index contributed by atoms with van der Waals surface area (Å²) in [6.07, 6.45) is 5.67. The average molecular weight is 292 g/mol. The van der Waals surface area contributed by atoms with Gasteiger partial charge in [-0.15, -0.1) is 0 Å². The fourth-order valence-corrected chi connectivity index (χ4v) is 2.43. The SMILES string of the molecule is CCCC/C=C(/Br)c1cc(C#N)c(C)cc1C. The third kappa shape index (κ3) is 3.71. The zero-order chi connectivity index (χ0) is 12.8. The molecular formula is C15H18BrN. The second-order valence-electron chi connectivity index (χ2n) is 4.29. The van der Waals surface area contributed by atoms with E-state index in [1.807, 2.05) is 13.0 Å². The van der Waals surface area contributed by atoms with Gasteiger partial charge in [-0.1, -0.05) is 47.8 Å². The van der Waals surface area contributed by atoms with Crippen molar-refractivity contribution in [1.82, 2.24) is 0 Å². The molecule has 0 saturated heterocycles. The first kappa shape index (κ1) is 14.0. The second kappa shape index (κ2) is 6.61. The molecule has 0 unspecified atom stereocenters. The zero-order valence-corrected chi connectivity index (χ0v) is 12.3. The first-order valence-corrected chi connectivity index (χ1v) is 6.76. The Bertz CT molecular complexity index is 467. The van der Waals surface area contributed by atoms with E-state index in [9.17, 15) is 0 Å². The van der Waals surface area contributed by atoms with Crippen molar-refractivity contribution in [3.05, 3.63) is 40.5 Å². The van der Waals surface area contributed by atoms with Crippen LogP contribution in [0.2, 0.25) is 0 Å². The van der Waals surface area contributed by atoms with E-state index >= 15 is 0 Å². The van der Waals surface area contributed by atoms with E-state index in [4.69, 9.17) is 5.26 Å². The number of aryl methyl sites for hydroxylation is 2. The van der Waals surface area contributed by atoms with Gasteiger partial charge in [0, 0.05) is 4.48 Å². The van der Waals surface area contributed by atoms with Crippen molar-refractivity contribution in [3.8, 4) is 6.07 Å². The maximum atomic E-state index is 9.04. The van der Waals surface area contributed by atoms with Crippen LogP contribution in [0, 0.1) is 25.2 Å². The van der Waals surface area contributed by atoms with Crippen molar-refractivity contribution in [2.24, 2.45) is 0 Å². The van der Waals surface area contributed by atoms with Crippen LogP contribution in [0.15, 0.2) is 18.2 Å². The molecule has 17 heavy (non-hydrogen) atoms. The van der Waals surface area contributed by atoms with E-state index in [0.717, 1.165) is 27.6 Å². The molecule has 1 rings (SSSR count). The first-order valence-electron chi connectivity index (χ1n) is 5.97. The number of hydrogen-bond acceptors (Lipinski definition) is 1. The maximum Gasteiger partial charge on any atom is 0.0994 e. The van der Waals surface area contributed by atoms with Crippen LogP contribution >= 0.6 is 15.9 Å². The molecule has 2 heteroatoms. The van der Waals surface area contributed by atoms with Crippen molar-refractivity contribution in [2.45, 2.75) is 40.0 Å². The van der Waals surface area contributed by atoms with Crippen LogP contribution in [0.5, 0.6) is 0 Å². The van der Waals surface area contributed by atoms with Gasteiger partial charge < -0.3 is 0 Å². The van der Waals surface area contributed by atoms with Gasteiger partial charge in [0.2, 0.25) is 0 Å². The van der Waals surface area contributed by atoms with Gasteiger partial charge in [-0.05, 0) is 43.0 Å². The van der Waals surface area contributed by atoms with E-state index < -0.39 is 0 Å². The van der Waals surface area contributed by atoms with Gasteiger partial charge in [-0.2, -0.15) is 5.26 Å². The number of benzene rings is 1. The lowest BCUT2D eigenvalue weighted by atomic mass is 10.00. The Morgan fingerprint density at radius 2 is 2.06 bits per heavy atom. The van der Waals surface area contributed by atoms with Crippen LogP contribution in [0.1, 0.15) is 48.4 Å². The van der Waals surface area contributed by atoms with Crippen LogP contribution < -0.4 is 0 Å². The number of nitriles is 1. The molecule has 0 bridgehead atoms. The largest absolute Gasteiger partial charge is 0.192 e. The van der Waals surface area contributed by atoms with Crippen LogP contribution in [0.3, 0.4) is 0 Å². The molecular weight excluding hydrogens is 274 g/mol. The molecule has 0 amide bonds. The van der Waals surface area contributed by atoms with Crippen molar-refractivity contribution in [2.75, 3.05) is 0 Å². The van der Waals surface area contributed by atoms with Gasteiger partial charge in [-0.25, -0.2) is 0 Å². The molecule has 0 atom stereocenters. The minimum Gasteiger partial charge on any atom is -0.192 e. The monoisotopic (exact) mass is 291 g/mol. The molecule has 0 saturated carbocycles. The fourth-order valence-electron chi connectivity index (χ4n) is 1.77. The highest BCUT2D eigenvalue weighted by Crippen LogP contribution is 2.27. The molecule has 90 valence electrons. The summed E-state index contributed by atoms with van der Waals surface area (Å²) in [5.41, 5.74) is 4.14. The van der Waals surface area contributed by atoms with E-state index in [-0.39, 0.29) is 0 Å². The minimum atomic E-state index is 0.756. The Labute approximate surface area is 112 Å². The first-order chi connectivity index (χ1) is 8.10. The van der Waals surface area contributed by atoms with Crippen molar-refractivity contribution in [3.63, 3.8) is 0 Å². The van der Waals surface area contributed by atoms with Crippen LogP contribution in [-0.4, -0.2) is 0 Å². The summed E-state index contributed by atoms with van der Waals surface area (Å²) in [6, 6.07) is 6.28. The highest BCUT2D eigenvalue weighted by Gasteiger charge is 2.06. The van der Waals surface area contributed by atoms with Crippen molar-refractivity contribution >= 4 is 20.4 Å². The van der Waals surface area contributed by atoms with Gasteiger partial charge in [0.15, 0.2) is 0 Å². The Morgan fingerprint density at radius 1 is 1.35 bits per heavy atom. The molecule has 0 aliphatic rings. The van der Waals surface area contributed by atoms with Crippen LogP contribution in [0.4, 0.5) is 0 Å². The summed E-state index contributed by atoms with van der Waals surface area (Å²) >= 11 is 3.61. The van der Waals surface area contributed by atoms with Gasteiger partial charge >= 0.3 is 0 Å². The summed E-state index contributed by atoms with van der Waals surface area (Å²) in [5, 5.41) is 9.04. The van der Waals surface area contributed by atoms with Gasteiger partial charge in [0.05, 0.1) is 11.6 Å². The average Bonchev–Trinajstić information content (AvgIpc) is 2.29. The van der Waals surface area contributed by atoms with Crippen molar-refractivity contribution in [1.29, 1.82) is 5.26 Å². The minimum absolute atomic E-state index is 0.756. The summed E-state index contributed by atoms with van der Waals surface area (Å²) in [5.74, 6) is 0. The predicted molar refractivity (Wildman–Crippen MR) is 77.1 cm³/mol. The van der Waals surface area contributed by atoms with E-state index in [2.05, 4.69) is 48.0 Å². The molecule has 0 aliphatic heterocycles.